The van der Waals surface area contributed by atoms with Crippen molar-refractivity contribution in [2.45, 2.75) is 0 Å². The fourth-order valence-electron chi connectivity index (χ4n) is 0. The monoisotopic (exact) mass is 374 g/mol. The predicted molar refractivity (Wildman–Crippen MR) is 28.9 cm³/mol. The van der Waals surface area contributed by atoms with Gasteiger partial charge in [0.05, 0.1) is 0 Å². The summed E-state index contributed by atoms with van der Waals surface area (Å²) in [7, 11) is -11.3. The topological polar surface area (TPSA) is 126 Å². The third-order valence-corrected chi connectivity index (χ3v) is 0. The van der Waals surface area contributed by atoms with Crippen LogP contribution in [0.2, 0.25) is 0 Å². The van der Waals surface area contributed by atoms with Crippen LogP contribution in [0.4, 0.5) is 8.39 Å². The quantitative estimate of drug-likeness (QED) is 0.325. The first kappa shape index (κ1) is 24.3. The van der Waals surface area contributed by atoms with Crippen LogP contribution in [0.3, 0.4) is 0 Å². The fourth-order valence-corrected chi connectivity index (χ4v) is 0. The molecule has 0 aliphatic rings. The van der Waals surface area contributed by atoms with E-state index in [-0.39, 0.29) is 86.6 Å². The Morgan fingerprint density at radius 1 is 0.833 bits per heavy atom. The largest absolute Gasteiger partial charge is 2.00 e. The minimum absolute atomic E-state index is 0. The van der Waals surface area contributed by atoms with E-state index in [4.69, 9.17) is 28.7 Å². The zero-order valence-electron chi connectivity index (χ0n) is 5.51. The summed E-state index contributed by atoms with van der Waals surface area (Å²) in [5.74, 6) is 0. The second-order valence-electron chi connectivity index (χ2n) is 0.861. The summed E-state index contributed by atoms with van der Waals surface area (Å²) < 4.78 is 37.1. The van der Waals surface area contributed by atoms with E-state index in [2.05, 4.69) is 0 Å². The molecule has 64 valence electrons. The molecule has 6 nitrogen and oxygen atoms in total. The normalized spacial score (nSPS) is 9.83. The second-order valence-corrected chi connectivity index (χ2v) is 2.58. The summed E-state index contributed by atoms with van der Waals surface area (Å²) in [5, 5.41) is 0. The zero-order valence-corrected chi connectivity index (χ0v) is 14.0. The van der Waals surface area contributed by atoms with Gasteiger partial charge in [-0.25, -0.2) is 8.39 Å². The number of hydrogen-bond donors (Lipinski definition) is 0. The third-order valence-electron chi connectivity index (χ3n) is 0. The van der Waals surface area contributed by atoms with Crippen LogP contribution in [0, 0.1) is 0 Å². The van der Waals surface area contributed by atoms with E-state index in [0.29, 0.717) is 0 Å². The van der Waals surface area contributed by atoms with Crippen molar-refractivity contribution in [3.63, 3.8) is 0 Å². The first-order chi connectivity index (χ1) is 4.00. The Morgan fingerprint density at radius 2 is 0.833 bits per heavy atom. The Morgan fingerprint density at radius 3 is 0.833 bits per heavy atom. The van der Waals surface area contributed by atoms with Gasteiger partial charge in [0, 0.05) is 0 Å². The molecule has 0 heterocycles. The van der Waals surface area contributed by atoms with Gasteiger partial charge in [-0.15, -0.1) is 0 Å². The van der Waals surface area contributed by atoms with Crippen molar-refractivity contribution >= 4 is 102 Å². The number of rotatable bonds is 0. The van der Waals surface area contributed by atoms with Crippen LogP contribution in [-0.2, 0) is 9.13 Å². The fraction of sp³-hybridized carbons (Fsp3) is 0. The molecule has 0 amide bonds. The van der Waals surface area contributed by atoms with E-state index in [1.807, 2.05) is 0 Å². The van der Waals surface area contributed by atoms with Crippen LogP contribution in [0.15, 0.2) is 0 Å². The molecule has 0 spiro atoms. The smallest absolute Gasteiger partial charge is 0.786 e. The maximum Gasteiger partial charge on any atom is 2.00 e. The third kappa shape index (κ3) is 209. The Bertz CT molecular complexity index is 136. The molecule has 0 saturated carbocycles. The number of halogens is 2. The summed E-state index contributed by atoms with van der Waals surface area (Å²) in [4.78, 5) is 33.8. The van der Waals surface area contributed by atoms with Crippen molar-refractivity contribution < 1.29 is 37.1 Å². The van der Waals surface area contributed by atoms with Crippen molar-refractivity contribution in [2.24, 2.45) is 0 Å². The average molecular weight is 373 g/mol. The van der Waals surface area contributed by atoms with Crippen LogP contribution >= 0.6 is 15.8 Å². The molecular weight excluding hydrogens is 373 g/mol. The van der Waals surface area contributed by atoms with Gasteiger partial charge in [0.2, 0.25) is 0 Å². The average Bonchev–Trinajstić information content (AvgIpc) is 1.12. The predicted octanol–water partition coefficient (Wildman–Crippen LogP) is -3.19. The van der Waals surface area contributed by atoms with Crippen LogP contribution in [0.5, 0.6) is 0 Å². The van der Waals surface area contributed by atoms with Crippen molar-refractivity contribution in [2.75, 3.05) is 0 Å². The van der Waals surface area contributed by atoms with Crippen molar-refractivity contribution in [1.82, 2.24) is 0 Å². The van der Waals surface area contributed by atoms with Gasteiger partial charge in [-0.3, -0.25) is 0 Å². The molecule has 0 atom stereocenters. The first-order valence-corrected chi connectivity index (χ1v) is 4.30. The minimum atomic E-state index is -5.64. The minimum Gasteiger partial charge on any atom is -0.786 e. The molecule has 0 rings (SSSR count). The standard InChI is InChI=1S/Ba.Ca.2FH2O3P/c;;2*1-5(2,3)4/h;;2*(H2,2,3,4)/q2*+2;;/p-4. The molecule has 0 fully saturated rings. The Hall–Kier alpha value is 2.99. The van der Waals surface area contributed by atoms with E-state index < -0.39 is 15.8 Å². The molecular formula is BaCaF2O6P2. The van der Waals surface area contributed by atoms with E-state index in [9.17, 15) is 8.39 Å². The molecule has 0 unspecified atom stereocenters. The first-order valence-electron chi connectivity index (χ1n) is 1.43. The van der Waals surface area contributed by atoms with Crippen LogP contribution in [-0.4, -0.2) is 86.6 Å². The molecule has 12 heteroatoms. The molecule has 0 aromatic heterocycles. The molecule has 0 aliphatic carbocycles. The van der Waals surface area contributed by atoms with Gasteiger partial charge in [-0.2, -0.15) is 0 Å². The summed E-state index contributed by atoms with van der Waals surface area (Å²) in [6.45, 7) is 0. The van der Waals surface area contributed by atoms with E-state index >= 15 is 0 Å². The molecule has 0 aromatic carbocycles. The van der Waals surface area contributed by atoms with Crippen molar-refractivity contribution in [3.05, 3.63) is 0 Å². The number of hydrogen-bond acceptors (Lipinski definition) is 6. The van der Waals surface area contributed by atoms with Gasteiger partial charge < -0.3 is 28.7 Å². The molecule has 0 aliphatic heterocycles. The van der Waals surface area contributed by atoms with Crippen molar-refractivity contribution in [3.8, 4) is 0 Å². The second kappa shape index (κ2) is 10.5. The Balaban J connectivity index is -0.0000000457. The van der Waals surface area contributed by atoms with E-state index in [1.54, 1.807) is 0 Å². The molecule has 0 N–H and O–H groups in total. The summed E-state index contributed by atoms with van der Waals surface area (Å²) >= 11 is 0. The van der Waals surface area contributed by atoms with Gasteiger partial charge in [0.1, 0.15) is 15.8 Å². The van der Waals surface area contributed by atoms with E-state index in [0.717, 1.165) is 0 Å². The van der Waals surface area contributed by atoms with E-state index in [1.165, 1.54) is 0 Å². The SMILES string of the molecule is O=P([O-])([O-])F.O=P([O-])([O-])F.[Ba+2].[Ca+2]. The van der Waals surface area contributed by atoms with Crippen molar-refractivity contribution in [1.29, 1.82) is 0 Å². The van der Waals surface area contributed by atoms with Gasteiger partial charge in [0.25, 0.3) is 0 Å². The molecule has 0 saturated heterocycles. The molecule has 0 aromatic rings. The van der Waals surface area contributed by atoms with Gasteiger partial charge in [-0.1, -0.05) is 0 Å². The maximum absolute atomic E-state index is 10.1. The molecule has 0 radical (unpaired) electrons. The Kier molecular flexibility index (Phi) is 21.3. The van der Waals surface area contributed by atoms with Crippen LogP contribution in [0.1, 0.15) is 0 Å². The summed E-state index contributed by atoms with van der Waals surface area (Å²) in [6.07, 6.45) is 0. The molecule has 12 heavy (non-hydrogen) atoms. The molecule has 0 bridgehead atoms. The van der Waals surface area contributed by atoms with Gasteiger partial charge >= 0.3 is 86.6 Å². The zero-order chi connectivity index (χ0) is 9.00. The maximum atomic E-state index is 10.1. The van der Waals surface area contributed by atoms with Gasteiger partial charge in [0.15, 0.2) is 0 Å². The summed E-state index contributed by atoms with van der Waals surface area (Å²) in [6, 6.07) is 0. The Labute approximate surface area is 137 Å². The van der Waals surface area contributed by atoms with Gasteiger partial charge in [-0.05, 0) is 0 Å². The van der Waals surface area contributed by atoms with Crippen LogP contribution in [0.25, 0.3) is 0 Å². The van der Waals surface area contributed by atoms with Crippen LogP contribution < -0.4 is 19.6 Å². The summed E-state index contributed by atoms with van der Waals surface area (Å²) in [5.41, 5.74) is 0.